The third-order valence-electron chi connectivity index (χ3n) is 7.68. The molecule has 5 aromatic rings. The molecule has 0 spiro atoms. The molecule has 0 aliphatic heterocycles. The van der Waals surface area contributed by atoms with Crippen molar-refractivity contribution in [3.8, 4) is 17.0 Å². The number of halogens is 7. The van der Waals surface area contributed by atoms with Gasteiger partial charge in [0.15, 0.2) is 11.6 Å². The van der Waals surface area contributed by atoms with Gasteiger partial charge in [-0.1, -0.05) is 31.2 Å². The number of benzene rings is 3. The van der Waals surface area contributed by atoms with Crippen LogP contribution < -0.4 is 21.1 Å². The van der Waals surface area contributed by atoms with Crippen LogP contribution in [0.15, 0.2) is 73.1 Å². The lowest BCUT2D eigenvalue weighted by molar-refractivity contribution is -0.193. The molecule has 0 radical (unpaired) electrons. The molecule has 0 aliphatic rings. The number of aliphatic hydroxyl groups is 1. The zero-order valence-corrected chi connectivity index (χ0v) is 30.1. The average molecular weight is 811 g/mol. The minimum atomic E-state index is -5.08. The summed E-state index contributed by atoms with van der Waals surface area (Å²) >= 11 is 0. The second-order valence-corrected chi connectivity index (χ2v) is 11.6. The molecule has 57 heavy (non-hydrogen) atoms. The number of alkyl halides is 6. The summed E-state index contributed by atoms with van der Waals surface area (Å²) in [6.07, 6.45) is -5.67. The smallest absolute Gasteiger partial charge is 0.490 e. The van der Waals surface area contributed by atoms with E-state index in [0.29, 0.717) is 60.0 Å². The third kappa shape index (κ3) is 12.5. The molecule has 8 N–H and O–H groups in total. The van der Waals surface area contributed by atoms with Crippen molar-refractivity contribution >= 4 is 40.1 Å². The number of anilines is 2. The number of aliphatic carboxylic acids is 2. The van der Waals surface area contributed by atoms with Crippen molar-refractivity contribution in [2.45, 2.75) is 45.1 Å². The molecule has 2 heterocycles. The van der Waals surface area contributed by atoms with Gasteiger partial charge in [0.25, 0.3) is 5.91 Å². The van der Waals surface area contributed by atoms with Crippen LogP contribution in [-0.4, -0.2) is 80.2 Å². The second kappa shape index (κ2) is 19.9. The number of hydrogen-bond acceptors (Lipinski definition) is 9. The minimum absolute atomic E-state index is 0.0126. The molecule has 0 aliphatic carbocycles. The lowest BCUT2D eigenvalue weighted by atomic mass is 9.99. The molecular weight excluding hydrogens is 773 g/mol. The fourth-order valence-corrected chi connectivity index (χ4v) is 5.01. The van der Waals surface area contributed by atoms with Crippen molar-refractivity contribution < 1.29 is 65.2 Å². The number of nitrogens with two attached hydrogens (primary N) is 1. The van der Waals surface area contributed by atoms with E-state index >= 15 is 4.39 Å². The molecule has 5 rings (SSSR count). The van der Waals surface area contributed by atoms with Gasteiger partial charge < -0.3 is 41.4 Å². The van der Waals surface area contributed by atoms with Crippen LogP contribution in [0.5, 0.6) is 5.75 Å². The predicted octanol–water partition coefficient (Wildman–Crippen LogP) is 6.89. The second-order valence-electron chi connectivity index (χ2n) is 11.6. The number of nitrogens with zero attached hydrogens (tertiary/aromatic N) is 2. The zero-order chi connectivity index (χ0) is 42.5. The Morgan fingerprint density at radius 1 is 0.947 bits per heavy atom. The molecular formula is C37H37F7N6O7. The third-order valence-corrected chi connectivity index (χ3v) is 7.68. The molecule has 306 valence electrons. The van der Waals surface area contributed by atoms with E-state index in [-0.39, 0.29) is 18.3 Å². The van der Waals surface area contributed by atoms with E-state index in [1.807, 2.05) is 56.3 Å². The van der Waals surface area contributed by atoms with Gasteiger partial charge in [0.1, 0.15) is 17.7 Å². The van der Waals surface area contributed by atoms with E-state index in [2.05, 4.69) is 20.6 Å². The number of amides is 1. The fourth-order valence-electron chi connectivity index (χ4n) is 5.01. The Kier molecular flexibility index (Phi) is 15.7. The van der Waals surface area contributed by atoms with Gasteiger partial charge in [-0.3, -0.25) is 4.79 Å². The minimum Gasteiger partial charge on any atom is -0.491 e. The number of H-pyrrole nitrogens is 1. The largest absolute Gasteiger partial charge is 0.491 e. The molecule has 1 unspecified atom stereocenters. The van der Waals surface area contributed by atoms with Gasteiger partial charge in [0, 0.05) is 53.3 Å². The summed E-state index contributed by atoms with van der Waals surface area (Å²) in [6, 6.07) is 17.5. The lowest BCUT2D eigenvalue weighted by Gasteiger charge is -2.22. The number of aryl methyl sites for hydroxylation is 1. The van der Waals surface area contributed by atoms with Crippen LogP contribution in [0.1, 0.15) is 53.6 Å². The number of fused-ring (bicyclic) bond motifs is 1. The van der Waals surface area contributed by atoms with E-state index in [1.54, 1.807) is 30.6 Å². The maximum Gasteiger partial charge on any atom is 0.490 e. The van der Waals surface area contributed by atoms with Gasteiger partial charge in [-0.15, -0.1) is 0 Å². The summed E-state index contributed by atoms with van der Waals surface area (Å²) in [5.74, 6) is -5.20. The van der Waals surface area contributed by atoms with Crippen LogP contribution in [0.25, 0.3) is 22.0 Å². The van der Waals surface area contributed by atoms with Crippen LogP contribution in [-0.2, 0) is 16.0 Å². The first-order valence-electron chi connectivity index (χ1n) is 16.8. The number of imidazole rings is 1. The fraction of sp³-hybridized carbons (Fsp3) is 0.270. The number of nitrogen functional groups attached to an aromatic ring is 1. The number of aromatic nitrogens is 3. The molecule has 3 aromatic carbocycles. The summed E-state index contributed by atoms with van der Waals surface area (Å²) in [7, 11) is 0. The Labute approximate surface area is 319 Å². The molecule has 0 saturated carbocycles. The van der Waals surface area contributed by atoms with Crippen molar-refractivity contribution in [1.29, 1.82) is 0 Å². The molecule has 0 bridgehead atoms. The molecule has 1 atom stereocenters. The number of carboxylic acid groups (broad SMARTS) is 2. The van der Waals surface area contributed by atoms with Crippen LogP contribution in [0, 0.1) is 5.82 Å². The first-order valence-corrected chi connectivity index (χ1v) is 16.8. The summed E-state index contributed by atoms with van der Waals surface area (Å²) in [4.78, 5) is 43.0. The standard InChI is InChI=1S/C33H35FN6O3.2C2HF3O2/c1-3-20-16-26(29(34)28(17-20)43-4-2)30(39-22-10-11-23-21(18-22)12-14-36-31(23)35)32-38-19-27(40-32)24-8-5-6-9-25(24)33(42)37-13-7-15-41;2*3-2(4,5)1(6)7/h5-6,8-12,14,16-19,30,39,41H,3-4,7,13,15H2,1-2H3,(H2,35,36)(H,37,42)(H,38,40);2*(H,6,7). The van der Waals surface area contributed by atoms with Gasteiger partial charge in [-0.25, -0.2) is 23.9 Å². The average Bonchev–Trinajstić information content (AvgIpc) is 3.65. The van der Waals surface area contributed by atoms with Gasteiger partial charge in [-0.05, 0) is 67.1 Å². The van der Waals surface area contributed by atoms with Crippen molar-refractivity contribution in [1.82, 2.24) is 20.3 Å². The normalized spacial score (nSPS) is 11.7. The maximum absolute atomic E-state index is 16.1. The van der Waals surface area contributed by atoms with Crippen LogP contribution in [0.4, 0.5) is 42.2 Å². The molecule has 2 aromatic heterocycles. The summed E-state index contributed by atoms with van der Waals surface area (Å²) in [5, 5.41) is 31.3. The molecule has 13 nitrogen and oxygen atoms in total. The molecule has 20 heteroatoms. The van der Waals surface area contributed by atoms with Crippen molar-refractivity contribution in [3.05, 3.63) is 101 Å². The maximum atomic E-state index is 16.1. The van der Waals surface area contributed by atoms with Gasteiger partial charge in [-0.2, -0.15) is 26.3 Å². The number of aromatic amines is 1. The van der Waals surface area contributed by atoms with E-state index in [0.717, 1.165) is 22.0 Å². The number of nitrogens with one attached hydrogen (secondary N) is 3. The Hall–Kier alpha value is -6.44. The first-order chi connectivity index (χ1) is 26.8. The highest BCUT2D eigenvalue weighted by atomic mass is 19.4. The number of carbonyl (C=O) groups excluding carboxylic acids is 1. The number of carboxylic acids is 2. The summed E-state index contributed by atoms with van der Waals surface area (Å²) in [5.41, 5.74) is 9.67. The Bertz CT molecular complexity index is 2140. The number of aliphatic hydroxyl groups excluding tert-OH is 1. The van der Waals surface area contributed by atoms with Crippen molar-refractivity contribution in [3.63, 3.8) is 0 Å². The van der Waals surface area contributed by atoms with Crippen molar-refractivity contribution in [2.24, 2.45) is 0 Å². The number of ether oxygens (including phenoxy) is 1. The Morgan fingerprint density at radius 3 is 2.19 bits per heavy atom. The van der Waals surface area contributed by atoms with Crippen LogP contribution >= 0.6 is 0 Å². The van der Waals surface area contributed by atoms with E-state index in [9.17, 15) is 31.1 Å². The lowest BCUT2D eigenvalue weighted by Crippen LogP contribution is -2.25. The first kappa shape index (κ1) is 45.0. The van der Waals surface area contributed by atoms with Gasteiger partial charge in [0.2, 0.25) is 0 Å². The highest BCUT2D eigenvalue weighted by Gasteiger charge is 2.39. The van der Waals surface area contributed by atoms with Crippen LogP contribution in [0.3, 0.4) is 0 Å². The monoisotopic (exact) mass is 810 g/mol. The number of carbonyl (C=O) groups is 3. The summed E-state index contributed by atoms with van der Waals surface area (Å²) in [6.45, 7) is 4.49. The molecule has 0 fully saturated rings. The Balaban J connectivity index is 0.000000531. The highest BCUT2D eigenvalue weighted by Crippen LogP contribution is 2.35. The number of pyridine rings is 1. The zero-order valence-electron chi connectivity index (χ0n) is 30.1. The van der Waals surface area contributed by atoms with Gasteiger partial charge in [0.05, 0.1) is 12.3 Å². The number of rotatable bonds is 12. The van der Waals surface area contributed by atoms with Gasteiger partial charge >= 0.3 is 24.3 Å². The van der Waals surface area contributed by atoms with Crippen molar-refractivity contribution in [2.75, 3.05) is 30.8 Å². The molecule has 1 amide bonds. The Morgan fingerprint density at radius 2 is 1.60 bits per heavy atom. The molecule has 0 saturated heterocycles. The topological polar surface area (TPSA) is 213 Å². The highest BCUT2D eigenvalue weighted by molar-refractivity contribution is 6.00. The van der Waals surface area contributed by atoms with E-state index in [1.165, 1.54) is 0 Å². The SMILES string of the molecule is CCOc1cc(CC)cc(C(Nc2ccc3c(N)nccc3c2)c2nc(-c3ccccc3C(=O)NCCCO)c[nH]2)c1F.O=C(O)C(F)(F)F.O=C(O)C(F)(F)F. The van der Waals surface area contributed by atoms with E-state index in [4.69, 9.17) is 40.4 Å². The van der Waals surface area contributed by atoms with E-state index < -0.39 is 36.2 Å². The predicted molar refractivity (Wildman–Crippen MR) is 194 cm³/mol. The van der Waals surface area contributed by atoms with Crippen LogP contribution in [0.2, 0.25) is 0 Å². The quantitative estimate of drug-likeness (QED) is 0.0509. The number of hydrogen-bond donors (Lipinski definition) is 7. The summed E-state index contributed by atoms with van der Waals surface area (Å²) < 4.78 is 85.2.